The number of carbonyl (C=O) groups is 1. The molecule has 0 N–H and O–H groups in total. The summed E-state index contributed by atoms with van der Waals surface area (Å²) in [6.07, 6.45) is 4.88. The molecule has 1 unspecified atom stereocenters. The van der Waals surface area contributed by atoms with Crippen LogP contribution in [0.25, 0.3) is 0 Å². The molecule has 3 nitrogen and oxygen atoms in total. The van der Waals surface area contributed by atoms with Gasteiger partial charge >= 0.3 is 18.9 Å². The Balaban J connectivity index is 0.00000180. The molecule has 1 aliphatic carbocycles. The van der Waals surface area contributed by atoms with Crippen LogP contribution in [0.4, 0.5) is 0 Å². The van der Waals surface area contributed by atoms with Crippen LogP contribution in [0.1, 0.15) is 36.0 Å². The number of hydrogen-bond acceptors (Lipinski definition) is 3. The van der Waals surface area contributed by atoms with Crippen LogP contribution in [0.2, 0.25) is 0 Å². The summed E-state index contributed by atoms with van der Waals surface area (Å²) in [5.41, 5.74) is 1.33. The molecule has 1 saturated carbocycles. The average Bonchev–Trinajstić information content (AvgIpc) is 2.90. The molecule has 19 heavy (non-hydrogen) atoms. The first-order chi connectivity index (χ1) is 8.76. The molecule has 0 amide bonds. The fourth-order valence-electron chi connectivity index (χ4n) is 2.40. The van der Waals surface area contributed by atoms with Crippen molar-refractivity contribution < 1.29 is 14.3 Å². The van der Waals surface area contributed by atoms with Crippen LogP contribution in [-0.2, 0) is 0 Å². The number of ether oxygens (including phenoxy) is 2. The monoisotopic (exact) mass is 274 g/mol. The Morgan fingerprint density at radius 2 is 1.68 bits per heavy atom. The second-order valence-corrected chi connectivity index (χ2v) is 6.05. The first-order valence-corrected chi connectivity index (χ1v) is 7.36. The summed E-state index contributed by atoms with van der Waals surface area (Å²) in [4.78, 5) is 12.4. The van der Waals surface area contributed by atoms with E-state index in [2.05, 4.69) is 0 Å². The molecule has 2 rings (SSSR count). The van der Waals surface area contributed by atoms with Gasteiger partial charge in [-0.1, -0.05) is 18.9 Å². The number of hydrogen-bond donors (Lipinski definition) is 0. The van der Waals surface area contributed by atoms with Gasteiger partial charge < -0.3 is 9.47 Å². The number of carbonyl (C=O) groups excluding carboxylic acids is 1. The van der Waals surface area contributed by atoms with Crippen LogP contribution in [0.5, 0.6) is 11.5 Å². The van der Waals surface area contributed by atoms with Crippen molar-refractivity contribution in [2.24, 2.45) is 0 Å². The van der Waals surface area contributed by atoms with Crippen molar-refractivity contribution in [3.8, 4) is 11.5 Å². The Hall–Kier alpha value is -0.483. The molecule has 1 aromatic rings. The predicted octanol–water partition coefficient (Wildman–Crippen LogP) is 2.82. The van der Waals surface area contributed by atoms with E-state index in [1.165, 1.54) is 25.7 Å². The van der Waals surface area contributed by atoms with Crippen molar-refractivity contribution in [2.75, 3.05) is 14.2 Å². The molecule has 100 valence electrons. The topological polar surface area (TPSA) is 35.5 Å². The summed E-state index contributed by atoms with van der Waals surface area (Å²) in [5.74, 6) is 1.23. The van der Waals surface area contributed by atoms with E-state index in [1.54, 1.807) is 14.2 Å². The van der Waals surface area contributed by atoms with Crippen molar-refractivity contribution in [1.82, 2.24) is 0 Å². The number of benzene rings is 1. The Kier molecular flexibility index (Phi) is 6.93. The maximum atomic E-state index is 12.4. The molecule has 0 aromatic heterocycles. The van der Waals surface area contributed by atoms with E-state index in [9.17, 15) is 4.79 Å². The van der Waals surface area contributed by atoms with Crippen molar-refractivity contribution in [1.29, 1.82) is 0 Å². The molecule has 1 aliphatic rings. The van der Waals surface area contributed by atoms with E-state index in [-0.39, 0.29) is 24.4 Å². The fourth-order valence-corrected chi connectivity index (χ4v) is 3.86. The van der Waals surface area contributed by atoms with Gasteiger partial charge in [-0.25, -0.2) is 0 Å². The van der Waals surface area contributed by atoms with Gasteiger partial charge in [-0.3, -0.25) is 4.79 Å². The zero-order valence-electron chi connectivity index (χ0n) is 10.9. The molecule has 0 bridgehead atoms. The van der Waals surface area contributed by atoms with Crippen LogP contribution in [0.3, 0.4) is 0 Å². The normalized spacial score (nSPS) is 15.5. The Labute approximate surface area is 128 Å². The molecule has 1 atom stereocenters. The molecule has 1 aromatic carbocycles. The summed E-state index contributed by atoms with van der Waals surface area (Å²) in [5, 5.41) is 0. The van der Waals surface area contributed by atoms with Crippen molar-refractivity contribution >= 4 is 33.0 Å². The van der Waals surface area contributed by atoms with E-state index in [4.69, 9.17) is 9.47 Å². The first-order valence-electron chi connectivity index (χ1n) is 6.28. The molecular weight excluding hydrogens is 254 g/mol. The third-order valence-corrected chi connectivity index (χ3v) is 4.84. The van der Waals surface area contributed by atoms with E-state index in [0.29, 0.717) is 31.3 Å². The second-order valence-electron chi connectivity index (χ2n) is 4.49. The Bertz CT molecular complexity index is 408. The van der Waals surface area contributed by atoms with Crippen molar-refractivity contribution in [2.45, 2.75) is 31.3 Å². The van der Waals surface area contributed by atoms with Crippen molar-refractivity contribution in [3.63, 3.8) is 0 Å². The molecular formula is C14H20LiO3P. The molecule has 1 fully saturated rings. The standard InChI is InChI=1S/C14H19O3P.Li.H/c1-16-11-8-5-9-12(17-2)13(11)14(15)18-10-6-3-4-7-10;;/h5,8-10,18H,3-4,6-7H2,1-2H3;;. The maximum absolute atomic E-state index is 12.4. The van der Waals surface area contributed by atoms with E-state index in [1.807, 2.05) is 18.2 Å². The summed E-state index contributed by atoms with van der Waals surface area (Å²) < 4.78 is 10.6. The molecule has 5 heteroatoms. The van der Waals surface area contributed by atoms with Gasteiger partial charge in [0.25, 0.3) is 0 Å². The summed E-state index contributed by atoms with van der Waals surface area (Å²) in [6, 6.07) is 5.47. The summed E-state index contributed by atoms with van der Waals surface area (Å²) in [6.45, 7) is 0. The van der Waals surface area contributed by atoms with Crippen LogP contribution < -0.4 is 9.47 Å². The molecule has 0 saturated heterocycles. The fraction of sp³-hybridized carbons (Fsp3) is 0.500. The number of methoxy groups -OCH3 is 2. The number of rotatable bonds is 5. The van der Waals surface area contributed by atoms with Gasteiger partial charge in [0, 0.05) is 0 Å². The first kappa shape index (κ1) is 16.6. The third kappa shape index (κ3) is 3.99. The van der Waals surface area contributed by atoms with Gasteiger partial charge in [-0.05, 0) is 39.2 Å². The van der Waals surface area contributed by atoms with Crippen LogP contribution >= 0.6 is 8.58 Å². The van der Waals surface area contributed by atoms with Gasteiger partial charge in [0.15, 0.2) is 5.52 Å². The third-order valence-electron chi connectivity index (χ3n) is 3.35. The van der Waals surface area contributed by atoms with Gasteiger partial charge in [0.05, 0.1) is 14.2 Å². The Morgan fingerprint density at radius 1 is 1.16 bits per heavy atom. The molecule has 0 aliphatic heterocycles. The summed E-state index contributed by atoms with van der Waals surface area (Å²) in [7, 11) is 3.51. The van der Waals surface area contributed by atoms with E-state index >= 15 is 0 Å². The van der Waals surface area contributed by atoms with Crippen LogP contribution in [0, 0.1) is 0 Å². The molecule has 0 spiro atoms. The van der Waals surface area contributed by atoms with Gasteiger partial charge in [0.1, 0.15) is 17.1 Å². The quantitative estimate of drug-likeness (QED) is 0.612. The SMILES string of the molecule is COc1cccc(OC)c1C(=O)PC1CCCC1.[LiH]. The van der Waals surface area contributed by atoms with Gasteiger partial charge in [0.2, 0.25) is 0 Å². The summed E-state index contributed by atoms with van der Waals surface area (Å²) >= 11 is 0. The van der Waals surface area contributed by atoms with E-state index < -0.39 is 0 Å². The second kappa shape index (κ2) is 7.95. The molecule has 0 heterocycles. The minimum absolute atomic E-state index is 0. The van der Waals surface area contributed by atoms with E-state index in [0.717, 1.165) is 0 Å². The molecule has 0 radical (unpaired) electrons. The van der Waals surface area contributed by atoms with Crippen LogP contribution in [0.15, 0.2) is 18.2 Å². The zero-order valence-corrected chi connectivity index (χ0v) is 11.9. The minimum atomic E-state index is 0. The average molecular weight is 274 g/mol. The predicted molar refractivity (Wildman–Crippen MR) is 81.6 cm³/mol. The Morgan fingerprint density at radius 3 is 2.16 bits per heavy atom. The van der Waals surface area contributed by atoms with Gasteiger partial charge in [-0.2, -0.15) is 0 Å². The van der Waals surface area contributed by atoms with Crippen LogP contribution in [-0.4, -0.2) is 44.3 Å². The zero-order chi connectivity index (χ0) is 13.0. The van der Waals surface area contributed by atoms with Gasteiger partial charge in [-0.15, -0.1) is 0 Å². The van der Waals surface area contributed by atoms with Crippen molar-refractivity contribution in [3.05, 3.63) is 23.8 Å².